The highest BCUT2D eigenvalue weighted by Gasteiger charge is 2.28. The van der Waals surface area contributed by atoms with Crippen molar-refractivity contribution in [3.63, 3.8) is 0 Å². The molecule has 1 heterocycles. The van der Waals surface area contributed by atoms with Gasteiger partial charge in [-0.1, -0.05) is 11.3 Å². The van der Waals surface area contributed by atoms with Crippen LogP contribution in [0.15, 0.2) is 0 Å². The van der Waals surface area contributed by atoms with Gasteiger partial charge in [-0.2, -0.15) is 0 Å². The van der Waals surface area contributed by atoms with Gasteiger partial charge in [-0.05, 0) is 32.1 Å². The van der Waals surface area contributed by atoms with Crippen LogP contribution >= 0.6 is 11.3 Å². The molecule has 2 saturated carbocycles. The summed E-state index contributed by atoms with van der Waals surface area (Å²) >= 11 is 1.34. The Morgan fingerprint density at radius 3 is 2.75 bits per heavy atom. The number of carbonyl (C=O) groups excluding carboxylic acids is 1. The van der Waals surface area contributed by atoms with Crippen LogP contribution in [0.4, 0.5) is 10.9 Å². The van der Waals surface area contributed by atoms with E-state index in [2.05, 4.69) is 15.6 Å². The Kier molecular flexibility index (Phi) is 3.80. The predicted octanol–water partition coefficient (Wildman–Crippen LogP) is 1.60. The lowest BCUT2D eigenvalue weighted by Gasteiger charge is -2.12. The third kappa shape index (κ3) is 3.04. The number of nitrogens with one attached hydrogen (secondary N) is 2. The number of aromatic nitrogens is 1. The second-order valence-electron chi connectivity index (χ2n) is 5.49. The molecule has 0 aromatic carbocycles. The van der Waals surface area contributed by atoms with E-state index in [1.807, 2.05) is 0 Å². The minimum atomic E-state index is -0.120. The van der Waals surface area contributed by atoms with E-state index in [0.29, 0.717) is 16.7 Å². The molecule has 3 rings (SSSR count). The summed E-state index contributed by atoms with van der Waals surface area (Å²) in [5, 5.41) is 7.04. The molecule has 0 aliphatic heterocycles. The van der Waals surface area contributed by atoms with E-state index >= 15 is 0 Å². The largest absolute Gasteiger partial charge is 0.382 e. The summed E-state index contributed by atoms with van der Waals surface area (Å²) in [5.41, 5.74) is 5.84. The predicted molar refractivity (Wildman–Crippen MR) is 79.1 cm³/mol. The zero-order valence-electron chi connectivity index (χ0n) is 11.5. The van der Waals surface area contributed by atoms with Crippen molar-refractivity contribution in [2.75, 3.05) is 18.2 Å². The SMILES string of the molecule is COC1CCC(NC(=O)c2sc(NC3CC3)nc2N)C1. The van der Waals surface area contributed by atoms with Crippen molar-refractivity contribution in [2.45, 2.75) is 50.3 Å². The van der Waals surface area contributed by atoms with Crippen LogP contribution in [0.1, 0.15) is 41.8 Å². The van der Waals surface area contributed by atoms with E-state index in [1.165, 1.54) is 24.2 Å². The van der Waals surface area contributed by atoms with Gasteiger partial charge in [0.05, 0.1) is 6.10 Å². The minimum Gasteiger partial charge on any atom is -0.382 e. The summed E-state index contributed by atoms with van der Waals surface area (Å²) in [6.07, 6.45) is 5.41. The van der Waals surface area contributed by atoms with Crippen LogP contribution in [0, 0.1) is 0 Å². The van der Waals surface area contributed by atoms with Gasteiger partial charge in [-0.3, -0.25) is 4.79 Å². The summed E-state index contributed by atoms with van der Waals surface area (Å²) in [6.45, 7) is 0. The van der Waals surface area contributed by atoms with Gasteiger partial charge in [-0.25, -0.2) is 4.98 Å². The summed E-state index contributed by atoms with van der Waals surface area (Å²) in [7, 11) is 1.71. The lowest BCUT2D eigenvalue weighted by molar-refractivity contribution is 0.0919. The van der Waals surface area contributed by atoms with Gasteiger partial charge >= 0.3 is 0 Å². The summed E-state index contributed by atoms with van der Waals surface area (Å²) in [4.78, 5) is 17.0. The van der Waals surface area contributed by atoms with E-state index in [9.17, 15) is 4.79 Å². The number of carbonyl (C=O) groups is 1. The molecule has 1 aromatic rings. The summed E-state index contributed by atoms with van der Waals surface area (Å²) < 4.78 is 5.31. The molecule has 0 saturated heterocycles. The molecule has 6 nitrogen and oxygen atoms in total. The molecule has 1 amide bonds. The Hall–Kier alpha value is -1.34. The fraction of sp³-hybridized carbons (Fsp3) is 0.692. The second kappa shape index (κ2) is 5.57. The zero-order valence-corrected chi connectivity index (χ0v) is 12.3. The third-order valence-corrected chi connectivity index (χ3v) is 4.82. The van der Waals surface area contributed by atoms with E-state index in [4.69, 9.17) is 10.5 Å². The lowest BCUT2D eigenvalue weighted by Crippen LogP contribution is -2.33. The Morgan fingerprint density at radius 2 is 2.10 bits per heavy atom. The molecule has 2 aliphatic rings. The standard InChI is InChI=1S/C13H20N4O2S/c1-19-9-5-4-8(6-9)15-12(18)10-11(14)17-13(20-10)16-7-2-3-7/h7-9H,2-6,14H2,1H3,(H,15,18)(H,16,17). The fourth-order valence-electron chi connectivity index (χ4n) is 2.49. The number of ether oxygens (including phenoxy) is 1. The van der Waals surface area contributed by atoms with Crippen molar-refractivity contribution in [3.05, 3.63) is 4.88 Å². The number of methoxy groups -OCH3 is 1. The van der Waals surface area contributed by atoms with Crippen molar-refractivity contribution in [3.8, 4) is 0 Å². The molecule has 7 heteroatoms. The van der Waals surface area contributed by atoms with Crippen molar-refractivity contribution >= 4 is 28.2 Å². The first kappa shape index (κ1) is 13.6. The number of anilines is 2. The molecular formula is C13H20N4O2S. The van der Waals surface area contributed by atoms with Gasteiger partial charge in [0.2, 0.25) is 0 Å². The molecule has 2 fully saturated rings. The number of amides is 1. The normalized spacial score (nSPS) is 25.6. The van der Waals surface area contributed by atoms with Crippen molar-refractivity contribution < 1.29 is 9.53 Å². The van der Waals surface area contributed by atoms with Crippen molar-refractivity contribution in [2.24, 2.45) is 0 Å². The van der Waals surface area contributed by atoms with Crippen LogP contribution in [-0.4, -0.2) is 36.2 Å². The monoisotopic (exact) mass is 296 g/mol. The Balaban J connectivity index is 1.60. The van der Waals surface area contributed by atoms with Crippen molar-refractivity contribution in [1.29, 1.82) is 0 Å². The van der Waals surface area contributed by atoms with Crippen LogP contribution in [0.3, 0.4) is 0 Å². The second-order valence-corrected chi connectivity index (χ2v) is 6.49. The first-order chi connectivity index (χ1) is 9.65. The van der Waals surface area contributed by atoms with Crippen LogP contribution in [0.25, 0.3) is 0 Å². The molecule has 2 aliphatic carbocycles. The maximum Gasteiger partial charge on any atom is 0.265 e. The average Bonchev–Trinajstić information content (AvgIpc) is 2.98. The topological polar surface area (TPSA) is 89.3 Å². The maximum absolute atomic E-state index is 12.2. The lowest BCUT2D eigenvalue weighted by atomic mass is 10.2. The third-order valence-electron chi connectivity index (χ3n) is 3.82. The van der Waals surface area contributed by atoms with Crippen LogP contribution in [0.2, 0.25) is 0 Å². The number of thiazole rings is 1. The average molecular weight is 296 g/mol. The number of nitrogen functional groups attached to an aromatic ring is 1. The van der Waals surface area contributed by atoms with Crippen LogP contribution in [0.5, 0.6) is 0 Å². The molecule has 0 radical (unpaired) electrons. The zero-order chi connectivity index (χ0) is 14.1. The van der Waals surface area contributed by atoms with Gasteiger partial charge in [0.1, 0.15) is 10.7 Å². The highest BCUT2D eigenvalue weighted by atomic mass is 32.1. The molecule has 110 valence electrons. The van der Waals surface area contributed by atoms with Crippen LogP contribution in [-0.2, 0) is 4.74 Å². The molecule has 0 bridgehead atoms. The Morgan fingerprint density at radius 1 is 1.35 bits per heavy atom. The quantitative estimate of drug-likeness (QED) is 0.768. The smallest absolute Gasteiger partial charge is 0.265 e. The maximum atomic E-state index is 12.2. The van der Waals surface area contributed by atoms with E-state index < -0.39 is 0 Å². The van der Waals surface area contributed by atoms with Gasteiger partial charge in [0.25, 0.3) is 5.91 Å². The first-order valence-corrected chi connectivity index (χ1v) is 7.84. The molecule has 1 aromatic heterocycles. The van der Waals surface area contributed by atoms with Crippen molar-refractivity contribution in [1.82, 2.24) is 10.3 Å². The Bertz CT molecular complexity index is 501. The van der Waals surface area contributed by atoms with E-state index in [1.54, 1.807) is 7.11 Å². The molecular weight excluding hydrogens is 276 g/mol. The Labute approximate surface area is 122 Å². The molecule has 20 heavy (non-hydrogen) atoms. The van der Waals surface area contributed by atoms with Crippen LogP contribution < -0.4 is 16.4 Å². The molecule has 2 atom stereocenters. The van der Waals surface area contributed by atoms with Gasteiger partial charge in [0, 0.05) is 19.2 Å². The molecule has 4 N–H and O–H groups in total. The molecule has 2 unspecified atom stereocenters. The summed E-state index contributed by atoms with van der Waals surface area (Å²) in [5.74, 6) is 0.197. The highest BCUT2D eigenvalue weighted by Crippen LogP contribution is 2.31. The van der Waals surface area contributed by atoms with Gasteiger partial charge < -0.3 is 21.1 Å². The van der Waals surface area contributed by atoms with Gasteiger partial charge in [0.15, 0.2) is 5.13 Å². The number of nitrogens with two attached hydrogens (primary N) is 1. The van der Waals surface area contributed by atoms with E-state index in [-0.39, 0.29) is 18.1 Å². The van der Waals surface area contributed by atoms with Gasteiger partial charge in [-0.15, -0.1) is 0 Å². The number of rotatable bonds is 5. The number of hydrogen-bond acceptors (Lipinski definition) is 6. The number of hydrogen-bond donors (Lipinski definition) is 3. The minimum absolute atomic E-state index is 0.120. The highest BCUT2D eigenvalue weighted by molar-refractivity contribution is 7.18. The molecule has 0 spiro atoms. The van der Waals surface area contributed by atoms with E-state index in [0.717, 1.165) is 24.4 Å². The summed E-state index contributed by atoms with van der Waals surface area (Å²) in [6, 6.07) is 0.683. The number of nitrogens with zero attached hydrogens (tertiary/aromatic N) is 1. The fourth-order valence-corrected chi connectivity index (χ4v) is 3.36. The first-order valence-electron chi connectivity index (χ1n) is 7.02.